The average Bonchev–Trinajstić information content (AvgIpc) is 3.79. The monoisotopic (exact) mass is 494 g/mol. The Hall–Kier alpha value is -3.55. The Labute approximate surface area is 218 Å². The second kappa shape index (κ2) is 10.1. The third-order valence-electron chi connectivity index (χ3n) is 7.94. The van der Waals surface area contributed by atoms with Gasteiger partial charge in [0.05, 0.1) is 5.69 Å². The summed E-state index contributed by atoms with van der Waals surface area (Å²) in [5.74, 6) is 1.22. The number of nitrogens with one attached hydrogen (secondary N) is 2. The first-order valence-corrected chi connectivity index (χ1v) is 13.3. The molecule has 1 unspecified atom stereocenters. The number of benzene rings is 1. The lowest BCUT2D eigenvalue weighted by atomic mass is 9.86. The van der Waals surface area contributed by atoms with Crippen LogP contribution in [-0.4, -0.2) is 40.3 Å². The number of nitrogens with zero attached hydrogens (tertiary/aromatic N) is 3. The Kier molecular flexibility index (Phi) is 6.49. The molecule has 1 atom stereocenters. The van der Waals surface area contributed by atoms with Crippen molar-refractivity contribution in [3.8, 4) is 11.3 Å². The van der Waals surface area contributed by atoms with Gasteiger partial charge in [-0.3, -0.25) is 4.98 Å². The van der Waals surface area contributed by atoms with E-state index < -0.39 is 6.04 Å². The number of anilines is 2. The molecule has 0 bridgehead atoms. The topological polar surface area (TPSA) is 96.2 Å². The molecule has 1 aliphatic carbocycles. The number of hydrogen-bond acceptors (Lipinski definition) is 7. The summed E-state index contributed by atoms with van der Waals surface area (Å²) < 4.78 is 0. The van der Waals surface area contributed by atoms with Crippen molar-refractivity contribution in [2.24, 2.45) is 5.73 Å². The molecular formula is C30H34N6O. The fraction of sp³-hybridized carbons (Fsp3) is 0.367. The number of rotatable bonds is 7. The van der Waals surface area contributed by atoms with Crippen LogP contribution in [0.4, 0.5) is 11.5 Å². The molecule has 2 aromatic heterocycles. The lowest BCUT2D eigenvalue weighted by Crippen LogP contribution is -2.34. The number of aromatic nitrogens is 2. The van der Waals surface area contributed by atoms with Crippen molar-refractivity contribution in [1.29, 1.82) is 0 Å². The molecule has 0 amide bonds. The van der Waals surface area contributed by atoms with Crippen molar-refractivity contribution in [2.45, 2.75) is 57.2 Å². The molecule has 6 rings (SSSR count). The van der Waals surface area contributed by atoms with Crippen molar-refractivity contribution < 1.29 is 4.79 Å². The van der Waals surface area contributed by atoms with E-state index in [1.54, 1.807) is 0 Å². The van der Waals surface area contributed by atoms with E-state index >= 15 is 0 Å². The van der Waals surface area contributed by atoms with Gasteiger partial charge >= 0.3 is 0 Å². The highest BCUT2D eigenvalue weighted by Gasteiger charge is 2.32. The van der Waals surface area contributed by atoms with Crippen molar-refractivity contribution in [2.75, 3.05) is 18.4 Å². The highest BCUT2D eigenvalue weighted by molar-refractivity contribution is 5.80. The van der Waals surface area contributed by atoms with Gasteiger partial charge in [-0.05, 0) is 111 Å². The number of carbonyl (C=O) groups is 1. The molecule has 7 heteroatoms. The molecular weight excluding hydrogens is 460 g/mol. The number of fused-ring (bicyclic) bond motifs is 1. The number of nitrogens with two attached hydrogens (primary N) is 1. The fourth-order valence-electron chi connectivity index (χ4n) is 5.74. The SMILES string of the molecule is Cc1ccc(-c2cc3c(c(Nc4ccc(C5CCN(C6CC6)CC5)c(CN)c4)n2)C(C=O)NC=C3)cn1. The summed E-state index contributed by atoms with van der Waals surface area (Å²) in [6.45, 7) is 4.83. The number of piperidine rings is 1. The molecule has 2 fully saturated rings. The summed E-state index contributed by atoms with van der Waals surface area (Å²) in [6.07, 6.45) is 11.7. The van der Waals surface area contributed by atoms with Gasteiger partial charge in [0, 0.05) is 41.3 Å². The molecule has 3 aromatic rings. The van der Waals surface area contributed by atoms with Crippen LogP contribution >= 0.6 is 0 Å². The molecule has 1 saturated carbocycles. The first kappa shape index (κ1) is 23.8. The van der Waals surface area contributed by atoms with Crippen LogP contribution in [0.15, 0.2) is 48.8 Å². The van der Waals surface area contributed by atoms with Gasteiger partial charge in [-0.25, -0.2) is 4.98 Å². The maximum Gasteiger partial charge on any atom is 0.146 e. The van der Waals surface area contributed by atoms with Crippen LogP contribution in [0.3, 0.4) is 0 Å². The van der Waals surface area contributed by atoms with Gasteiger partial charge in [-0.1, -0.05) is 6.07 Å². The van der Waals surface area contributed by atoms with Crippen LogP contribution in [0.25, 0.3) is 17.3 Å². The van der Waals surface area contributed by atoms with E-state index in [0.717, 1.165) is 46.1 Å². The maximum absolute atomic E-state index is 11.9. The molecule has 1 aromatic carbocycles. The smallest absolute Gasteiger partial charge is 0.146 e. The largest absolute Gasteiger partial charge is 0.378 e. The summed E-state index contributed by atoms with van der Waals surface area (Å²) in [7, 11) is 0. The molecule has 3 aliphatic rings. The van der Waals surface area contributed by atoms with Crippen molar-refractivity contribution in [3.05, 3.63) is 76.7 Å². The summed E-state index contributed by atoms with van der Waals surface area (Å²) in [4.78, 5) is 24.0. The average molecular weight is 495 g/mol. The minimum absolute atomic E-state index is 0.468. The van der Waals surface area contributed by atoms with E-state index in [2.05, 4.69) is 38.7 Å². The van der Waals surface area contributed by atoms with Gasteiger partial charge < -0.3 is 26.1 Å². The van der Waals surface area contributed by atoms with Crippen LogP contribution in [0, 0.1) is 6.92 Å². The Morgan fingerprint density at radius 2 is 1.97 bits per heavy atom. The van der Waals surface area contributed by atoms with Gasteiger partial charge in [0.25, 0.3) is 0 Å². The summed E-state index contributed by atoms with van der Waals surface area (Å²) in [6, 6.07) is 12.9. The molecule has 7 nitrogen and oxygen atoms in total. The minimum Gasteiger partial charge on any atom is -0.378 e. The van der Waals surface area contributed by atoms with E-state index in [4.69, 9.17) is 10.7 Å². The predicted molar refractivity (Wildman–Crippen MR) is 147 cm³/mol. The number of likely N-dealkylation sites (tertiary alicyclic amines) is 1. The van der Waals surface area contributed by atoms with Crippen molar-refractivity contribution >= 4 is 23.9 Å². The zero-order valence-corrected chi connectivity index (χ0v) is 21.3. The number of hydrogen-bond donors (Lipinski definition) is 3. The van der Waals surface area contributed by atoms with Gasteiger partial charge in [0.1, 0.15) is 18.1 Å². The second-order valence-electron chi connectivity index (χ2n) is 10.4. The molecule has 4 heterocycles. The van der Waals surface area contributed by atoms with Crippen LogP contribution in [0.5, 0.6) is 0 Å². The normalized spacial score (nSPS) is 19.8. The highest BCUT2D eigenvalue weighted by Crippen LogP contribution is 2.38. The number of carbonyl (C=O) groups excluding carboxylic acids is 1. The molecule has 2 aliphatic heterocycles. The van der Waals surface area contributed by atoms with Gasteiger partial charge in [0.15, 0.2) is 0 Å². The predicted octanol–water partition coefficient (Wildman–Crippen LogP) is 4.81. The summed E-state index contributed by atoms with van der Waals surface area (Å²) in [5.41, 5.74) is 14.2. The quantitative estimate of drug-likeness (QED) is 0.406. The van der Waals surface area contributed by atoms with E-state index in [1.165, 1.54) is 49.9 Å². The molecule has 0 radical (unpaired) electrons. The summed E-state index contributed by atoms with van der Waals surface area (Å²) >= 11 is 0. The van der Waals surface area contributed by atoms with E-state index in [1.807, 2.05) is 43.6 Å². The standard InChI is InChI=1S/C30H34N6O/c1-19-2-3-22(17-33-19)27-15-21-8-11-32-28(18-37)29(21)30(35-27)34-24-4-7-26(23(14-24)16-31)20-9-12-36(13-10-20)25-5-6-25/h2-4,7-8,11,14-15,17-18,20,25,28,32H,5-6,9-10,12-13,16,31H2,1H3,(H,34,35). The van der Waals surface area contributed by atoms with Crippen molar-refractivity contribution in [1.82, 2.24) is 20.2 Å². The van der Waals surface area contributed by atoms with Gasteiger partial charge in [-0.2, -0.15) is 0 Å². The highest BCUT2D eigenvalue weighted by atomic mass is 16.1. The number of pyridine rings is 2. The third-order valence-corrected chi connectivity index (χ3v) is 7.94. The van der Waals surface area contributed by atoms with E-state index in [0.29, 0.717) is 18.3 Å². The minimum atomic E-state index is -0.468. The molecule has 37 heavy (non-hydrogen) atoms. The Morgan fingerprint density at radius 1 is 1.14 bits per heavy atom. The first-order valence-electron chi connectivity index (χ1n) is 13.3. The Bertz CT molecular complexity index is 1320. The third kappa shape index (κ3) is 4.89. The molecule has 0 spiro atoms. The number of aldehydes is 1. The maximum atomic E-state index is 11.9. The molecule has 190 valence electrons. The van der Waals surface area contributed by atoms with Gasteiger partial charge in [-0.15, -0.1) is 0 Å². The summed E-state index contributed by atoms with van der Waals surface area (Å²) in [5, 5.41) is 6.67. The van der Waals surface area contributed by atoms with Crippen molar-refractivity contribution in [3.63, 3.8) is 0 Å². The van der Waals surface area contributed by atoms with Crippen LogP contribution < -0.4 is 16.4 Å². The zero-order valence-electron chi connectivity index (χ0n) is 21.3. The van der Waals surface area contributed by atoms with E-state index in [9.17, 15) is 4.79 Å². The lowest BCUT2D eigenvalue weighted by molar-refractivity contribution is -0.109. The fourth-order valence-corrected chi connectivity index (χ4v) is 5.74. The van der Waals surface area contributed by atoms with Crippen LogP contribution in [-0.2, 0) is 11.3 Å². The second-order valence-corrected chi connectivity index (χ2v) is 10.4. The Morgan fingerprint density at radius 3 is 2.68 bits per heavy atom. The lowest BCUT2D eigenvalue weighted by Gasteiger charge is -2.33. The van der Waals surface area contributed by atoms with Crippen LogP contribution in [0.1, 0.15) is 65.6 Å². The zero-order chi connectivity index (χ0) is 25.4. The number of aryl methyl sites for hydroxylation is 1. The van der Waals surface area contributed by atoms with E-state index in [-0.39, 0.29) is 0 Å². The Balaban J connectivity index is 1.32. The molecule has 4 N–H and O–H groups in total. The van der Waals surface area contributed by atoms with Gasteiger partial charge in [0.2, 0.25) is 0 Å². The molecule has 1 saturated heterocycles. The van der Waals surface area contributed by atoms with Crippen LogP contribution in [0.2, 0.25) is 0 Å². The first-order chi connectivity index (χ1) is 18.1.